The molecule has 0 fully saturated rings. The Bertz CT molecular complexity index is 726. The van der Waals surface area contributed by atoms with Gasteiger partial charge in [0.05, 0.1) is 17.7 Å². The van der Waals surface area contributed by atoms with Crippen LogP contribution in [0, 0.1) is 0 Å². The van der Waals surface area contributed by atoms with Crippen LogP contribution >= 0.6 is 23.7 Å². The minimum Gasteiger partial charge on any atom is -0.480 e. The largest absolute Gasteiger partial charge is 0.480 e. The summed E-state index contributed by atoms with van der Waals surface area (Å²) >= 11 is 3.40. The molecule has 0 radical (unpaired) electrons. The number of pyridine rings is 1. The van der Waals surface area contributed by atoms with Crippen LogP contribution in [0.1, 0.15) is 26.2 Å². The summed E-state index contributed by atoms with van der Waals surface area (Å²) in [6.07, 6.45) is 5.71. The van der Waals surface area contributed by atoms with Gasteiger partial charge in [-0.15, -0.1) is 11.8 Å². The average Bonchev–Trinajstić information content (AvgIpc) is 2.81. The van der Waals surface area contributed by atoms with Crippen LogP contribution in [0.2, 0.25) is 0 Å². The lowest BCUT2D eigenvalue weighted by Crippen LogP contribution is -2.35. The number of aromatic nitrogens is 1. The van der Waals surface area contributed by atoms with Gasteiger partial charge < -0.3 is 9.64 Å². The van der Waals surface area contributed by atoms with Gasteiger partial charge in [0.1, 0.15) is 5.03 Å². The van der Waals surface area contributed by atoms with Gasteiger partial charge >= 0.3 is 0 Å². The van der Waals surface area contributed by atoms with Crippen molar-refractivity contribution < 1.29 is 4.74 Å². The Morgan fingerprint density at radius 2 is 2.08 bits per heavy atom. The standard InChI is InChI=1S/C20H27N3OS2/c1-5-6-10-16-14-23(15-11-8-7-9-12-15)17-13-18(25-4)19(24-3)21-20(17)26-22(16)2/h7-9,11-13,16H,5-6,10,14H2,1-4H3. The van der Waals surface area contributed by atoms with Gasteiger partial charge in [0, 0.05) is 18.3 Å². The molecule has 0 amide bonds. The van der Waals surface area contributed by atoms with Gasteiger partial charge in [-0.1, -0.05) is 38.0 Å². The number of likely N-dealkylation sites (N-methyl/N-ethyl adjacent to an activating group) is 1. The first kappa shape index (κ1) is 19.4. The molecule has 1 aromatic carbocycles. The number of hydrogen-bond donors (Lipinski definition) is 0. The molecule has 2 heterocycles. The quantitative estimate of drug-likeness (QED) is 0.481. The highest BCUT2D eigenvalue weighted by atomic mass is 32.2. The van der Waals surface area contributed by atoms with Gasteiger partial charge in [0.25, 0.3) is 0 Å². The summed E-state index contributed by atoms with van der Waals surface area (Å²) in [7, 11) is 3.87. The number of benzene rings is 1. The molecule has 0 aliphatic carbocycles. The molecular weight excluding hydrogens is 362 g/mol. The second kappa shape index (κ2) is 9.02. The number of rotatable bonds is 6. The van der Waals surface area contributed by atoms with Gasteiger partial charge in [0.2, 0.25) is 5.88 Å². The first-order valence-corrected chi connectivity index (χ1v) is 11.0. The lowest BCUT2D eigenvalue weighted by atomic mass is 10.1. The van der Waals surface area contributed by atoms with Crippen molar-refractivity contribution in [3.8, 4) is 5.88 Å². The van der Waals surface area contributed by atoms with E-state index in [-0.39, 0.29) is 0 Å². The van der Waals surface area contributed by atoms with Gasteiger partial charge in [-0.05, 0) is 49.9 Å². The summed E-state index contributed by atoms with van der Waals surface area (Å²) in [5, 5.41) is 1.00. The molecule has 1 aliphatic heterocycles. The topological polar surface area (TPSA) is 28.6 Å². The van der Waals surface area contributed by atoms with Gasteiger partial charge in [-0.3, -0.25) is 0 Å². The van der Waals surface area contributed by atoms with Crippen molar-refractivity contribution in [3.63, 3.8) is 0 Å². The van der Waals surface area contributed by atoms with E-state index in [0.717, 1.165) is 22.2 Å². The van der Waals surface area contributed by atoms with E-state index < -0.39 is 0 Å². The van der Waals surface area contributed by atoms with E-state index in [1.807, 2.05) is 0 Å². The number of anilines is 2. The van der Waals surface area contributed by atoms with E-state index >= 15 is 0 Å². The van der Waals surface area contributed by atoms with Crippen molar-refractivity contribution in [1.29, 1.82) is 0 Å². The smallest absolute Gasteiger partial charge is 0.228 e. The van der Waals surface area contributed by atoms with Crippen molar-refractivity contribution in [2.45, 2.75) is 42.1 Å². The van der Waals surface area contributed by atoms with Crippen LogP contribution in [0.15, 0.2) is 46.3 Å². The molecule has 0 saturated carbocycles. The normalized spacial score (nSPS) is 17.7. The summed E-state index contributed by atoms with van der Waals surface area (Å²) in [4.78, 5) is 8.33. The molecule has 2 aromatic rings. The van der Waals surface area contributed by atoms with Crippen molar-refractivity contribution in [2.75, 3.05) is 31.9 Å². The number of nitrogens with zero attached hydrogens (tertiary/aromatic N) is 3. The number of ether oxygens (including phenoxy) is 1. The minimum absolute atomic E-state index is 0.470. The fourth-order valence-corrected chi connectivity index (χ4v) is 4.72. The molecule has 1 aromatic heterocycles. The monoisotopic (exact) mass is 389 g/mol. The Morgan fingerprint density at radius 3 is 2.73 bits per heavy atom. The SMILES string of the molecule is CCCCC1CN(c2ccccc2)c2cc(SC)c(OC)nc2SN1C. The number of unbranched alkanes of at least 4 members (excludes halogenated alkanes) is 1. The number of methoxy groups -OCH3 is 1. The van der Waals surface area contributed by atoms with E-state index in [2.05, 4.69) is 65.8 Å². The maximum Gasteiger partial charge on any atom is 0.228 e. The maximum atomic E-state index is 5.53. The molecule has 4 nitrogen and oxygen atoms in total. The molecule has 1 unspecified atom stereocenters. The fourth-order valence-electron chi connectivity index (χ4n) is 3.21. The van der Waals surface area contributed by atoms with Crippen molar-refractivity contribution >= 4 is 35.1 Å². The van der Waals surface area contributed by atoms with Crippen LogP contribution in [0.25, 0.3) is 0 Å². The third kappa shape index (κ3) is 4.13. The molecule has 1 aliphatic rings. The summed E-state index contributed by atoms with van der Waals surface area (Å²) < 4.78 is 7.89. The summed E-state index contributed by atoms with van der Waals surface area (Å²) in [5.74, 6) is 0.706. The van der Waals surface area contributed by atoms with Gasteiger partial charge in [0.15, 0.2) is 0 Å². The van der Waals surface area contributed by atoms with Crippen LogP contribution in [0.5, 0.6) is 5.88 Å². The second-order valence-corrected chi connectivity index (χ2v) is 8.40. The van der Waals surface area contributed by atoms with E-state index in [0.29, 0.717) is 11.9 Å². The first-order chi connectivity index (χ1) is 12.7. The van der Waals surface area contributed by atoms with E-state index in [4.69, 9.17) is 9.72 Å². The van der Waals surface area contributed by atoms with Crippen LogP contribution in [0.4, 0.5) is 11.4 Å². The van der Waals surface area contributed by atoms with Crippen molar-refractivity contribution in [3.05, 3.63) is 36.4 Å². The van der Waals surface area contributed by atoms with Crippen LogP contribution in [0.3, 0.4) is 0 Å². The average molecular weight is 390 g/mol. The van der Waals surface area contributed by atoms with E-state index in [1.165, 1.54) is 24.9 Å². The molecular formula is C20H27N3OS2. The highest BCUT2D eigenvalue weighted by Gasteiger charge is 2.29. The number of fused-ring (bicyclic) bond motifs is 1. The molecule has 0 saturated heterocycles. The summed E-state index contributed by atoms with van der Waals surface area (Å²) in [6, 6.07) is 13.3. The predicted molar refractivity (Wildman–Crippen MR) is 113 cm³/mol. The molecule has 1 atom stereocenters. The zero-order valence-electron chi connectivity index (χ0n) is 15.9. The van der Waals surface area contributed by atoms with Crippen LogP contribution in [-0.2, 0) is 0 Å². The number of thioether (sulfide) groups is 1. The third-order valence-corrected chi connectivity index (χ3v) is 6.49. The lowest BCUT2D eigenvalue weighted by Gasteiger charge is -2.29. The van der Waals surface area contributed by atoms with Crippen LogP contribution < -0.4 is 9.64 Å². The maximum absolute atomic E-state index is 5.53. The predicted octanol–water partition coefficient (Wildman–Crippen LogP) is 5.46. The Morgan fingerprint density at radius 1 is 1.31 bits per heavy atom. The summed E-state index contributed by atoms with van der Waals surface area (Å²) in [6.45, 7) is 3.22. The highest BCUT2D eigenvalue weighted by molar-refractivity contribution is 7.98. The third-order valence-electron chi connectivity index (χ3n) is 4.70. The Kier molecular flexibility index (Phi) is 6.73. The first-order valence-electron chi connectivity index (χ1n) is 9.04. The molecule has 140 valence electrons. The molecule has 0 bridgehead atoms. The highest BCUT2D eigenvalue weighted by Crippen LogP contribution is 2.43. The molecule has 0 spiro atoms. The Labute approximate surface area is 165 Å². The van der Waals surface area contributed by atoms with E-state index in [9.17, 15) is 0 Å². The minimum atomic E-state index is 0.470. The van der Waals surface area contributed by atoms with E-state index in [1.54, 1.807) is 30.8 Å². The molecule has 6 heteroatoms. The van der Waals surface area contributed by atoms with Crippen molar-refractivity contribution in [1.82, 2.24) is 9.29 Å². The Hall–Kier alpha value is -1.37. The van der Waals surface area contributed by atoms with Gasteiger partial charge in [-0.25, -0.2) is 9.29 Å². The number of para-hydroxylation sites is 1. The fraction of sp³-hybridized carbons (Fsp3) is 0.450. The Balaban J connectivity index is 2.08. The zero-order chi connectivity index (χ0) is 18.5. The van der Waals surface area contributed by atoms with Crippen LogP contribution in [-0.4, -0.2) is 42.3 Å². The summed E-state index contributed by atoms with van der Waals surface area (Å²) in [5.41, 5.74) is 2.38. The second-order valence-electron chi connectivity index (χ2n) is 6.40. The molecule has 0 N–H and O–H groups in total. The zero-order valence-corrected chi connectivity index (χ0v) is 17.6. The lowest BCUT2D eigenvalue weighted by molar-refractivity contribution is 0.380. The van der Waals surface area contributed by atoms with Crippen molar-refractivity contribution in [2.24, 2.45) is 0 Å². The number of hydrogen-bond acceptors (Lipinski definition) is 6. The van der Waals surface area contributed by atoms with Gasteiger partial charge in [-0.2, -0.15) is 0 Å². The molecule has 26 heavy (non-hydrogen) atoms. The molecule has 3 rings (SSSR count).